The standard InChI is InChI=1S/C24H25FN4O2/c1-2-14-28(24(31)18-8-9-18)16-23(30)26-22-15-21(17-6-4-3-5-7-17)27-29(22)20-12-10-19(25)11-13-20/h3-7,10-13,15,18H,2,8-9,14,16H2,1H3,(H,26,30). The fourth-order valence-corrected chi connectivity index (χ4v) is 3.48. The van der Waals surface area contributed by atoms with E-state index in [4.69, 9.17) is 0 Å². The third-order valence-electron chi connectivity index (χ3n) is 5.18. The lowest BCUT2D eigenvalue weighted by Gasteiger charge is -2.21. The number of amides is 2. The minimum Gasteiger partial charge on any atom is -0.333 e. The predicted octanol–water partition coefficient (Wildman–Crippen LogP) is 4.27. The molecule has 2 amide bonds. The molecule has 1 aliphatic carbocycles. The zero-order valence-electron chi connectivity index (χ0n) is 17.4. The molecule has 3 aromatic rings. The highest BCUT2D eigenvalue weighted by Gasteiger charge is 2.33. The highest BCUT2D eigenvalue weighted by Crippen LogP contribution is 2.31. The topological polar surface area (TPSA) is 67.2 Å². The van der Waals surface area contributed by atoms with Gasteiger partial charge in [0.15, 0.2) is 0 Å². The van der Waals surface area contributed by atoms with Crippen LogP contribution in [0.5, 0.6) is 0 Å². The highest BCUT2D eigenvalue weighted by atomic mass is 19.1. The first-order valence-electron chi connectivity index (χ1n) is 10.5. The molecule has 160 valence electrons. The Hall–Kier alpha value is -3.48. The van der Waals surface area contributed by atoms with E-state index >= 15 is 0 Å². The lowest BCUT2D eigenvalue weighted by atomic mass is 10.1. The molecule has 4 rings (SSSR count). The van der Waals surface area contributed by atoms with E-state index in [1.807, 2.05) is 37.3 Å². The van der Waals surface area contributed by atoms with E-state index < -0.39 is 0 Å². The Bertz CT molecular complexity index is 1060. The molecule has 0 bridgehead atoms. The Balaban J connectivity index is 1.59. The molecule has 0 atom stereocenters. The molecule has 0 aliphatic heterocycles. The van der Waals surface area contributed by atoms with Crippen LogP contribution in [0, 0.1) is 11.7 Å². The van der Waals surface area contributed by atoms with Crippen LogP contribution in [0.3, 0.4) is 0 Å². The molecule has 6 nitrogen and oxygen atoms in total. The molecule has 1 saturated carbocycles. The van der Waals surface area contributed by atoms with Gasteiger partial charge in [0.25, 0.3) is 0 Å². The molecule has 1 N–H and O–H groups in total. The zero-order chi connectivity index (χ0) is 21.8. The number of aromatic nitrogens is 2. The maximum atomic E-state index is 13.4. The third kappa shape index (κ3) is 4.99. The van der Waals surface area contributed by atoms with Crippen molar-refractivity contribution in [3.8, 4) is 16.9 Å². The van der Waals surface area contributed by atoms with E-state index in [0.29, 0.717) is 23.7 Å². The molecule has 1 aliphatic rings. The quantitative estimate of drug-likeness (QED) is 0.592. The Morgan fingerprint density at radius 2 is 1.84 bits per heavy atom. The van der Waals surface area contributed by atoms with Crippen molar-refractivity contribution in [1.29, 1.82) is 0 Å². The number of rotatable bonds is 8. The maximum absolute atomic E-state index is 13.4. The summed E-state index contributed by atoms with van der Waals surface area (Å²) in [6.07, 6.45) is 2.59. The average Bonchev–Trinajstić information content (AvgIpc) is 3.55. The highest BCUT2D eigenvalue weighted by molar-refractivity contribution is 5.95. The number of carbonyl (C=O) groups is 2. The first kappa shape index (κ1) is 20.8. The van der Waals surface area contributed by atoms with Crippen LogP contribution in [0.2, 0.25) is 0 Å². The number of benzene rings is 2. The van der Waals surface area contributed by atoms with Crippen molar-refractivity contribution in [3.63, 3.8) is 0 Å². The van der Waals surface area contributed by atoms with Crippen LogP contribution in [0.15, 0.2) is 60.7 Å². The average molecular weight is 420 g/mol. The summed E-state index contributed by atoms with van der Waals surface area (Å²) in [5.74, 6) is -0.0579. The Morgan fingerprint density at radius 3 is 2.48 bits per heavy atom. The molecule has 0 radical (unpaired) electrons. The third-order valence-corrected chi connectivity index (χ3v) is 5.18. The Kier molecular flexibility index (Phi) is 6.11. The summed E-state index contributed by atoms with van der Waals surface area (Å²) in [6.45, 7) is 2.54. The van der Waals surface area contributed by atoms with E-state index in [1.165, 1.54) is 12.1 Å². The lowest BCUT2D eigenvalue weighted by molar-refractivity contribution is -0.135. The van der Waals surface area contributed by atoms with Crippen molar-refractivity contribution in [2.45, 2.75) is 26.2 Å². The van der Waals surface area contributed by atoms with Crippen molar-refractivity contribution in [1.82, 2.24) is 14.7 Å². The number of carbonyl (C=O) groups excluding carboxylic acids is 2. The summed E-state index contributed by atoms with van der Waals surface area (Å²) >= 11 is 0. The summed E-state index contributed by atoms with van der Waals surface area (Å²) in [4.78, 5) is 26.9. The predicted molar refractivity (Wildman–Crippen MR) is 117 cm³/mol. The van der Waals surface area contributed by atoms with Crippen LogP contribution in [0.1, 0.15) is 26.2 Å². The number of nitrogens with one attached hydrogen (secondary N) is 1. The van der Waals surface area contributed by atoms with Crippen LogP contribution >= 0.6 is 0 Å². The van der Waals surface area contributed by atoms with Crippen LogP contribution in [-0.2, 0) is 9.59 Å². The van der Waals surface area contributed by atoms with Gasteiger partial charge in [-0.25, -0.2) is 9.07 Å². The lowest BCUT2D eigenvalue weighted by Crippen LogP contribution is -2.39. The molecular formula is C24H25FN4O2. The molecule has 1 aromatic heterocycles. The second-order valence-corrected chi connectivity index (χ2v) is 7.75. The van der Waals surface area contributed by atoms with Crippen LogP contribution in [-0.4, -0.2) is 39.6 Å². The van der Waals surface area contributed by atoms with Gasteiger partial charge in [0, 0.05) is 24.1 Å². The summed E-state index contributed by atoms with van der Waals surface area (Å²) in [7, 11) is 0. The van der Waals surface area contributed by atoms with Crippen LogP contribution in [0.25, 0.3) is 16.9 Å². The molecule has 2 aromatic carbocycles. The molecule has 31 heavy (non-hydrogen) atoms. The van der Waals surface area contributed by atoms with Crippen molar-refractivity contribution >= 4 is 17.6 Å². The van der Waals surface area contributed by atoms with Crippen molar-refractivity contribution < 1.29 is 14.0 Å². The molecular weight excluding hydrogens is 395 g/mol. The molecule has 0 saturated heterocycles. The van der Waals surface area contributed by atoms with Gasteiger partial charge in [-0.1, -0.05) is 37.3 Å². The normalized spacial score (nSPS) is 13.1. The number of nitrogens with zero attached hydrogens (tertiary/aromatic N) is 3. The van der Waals surface area contributed by atoms with Crippen LogP contribution < -0.4 is 5.32 Å². The van der Waals surface area contributed by atoms with Gasteiger partial charge in [-0.2, -0.15) is 5.10 Å². The minimum absolute atomic E-state index is 0.00155. The summed E-state index contributed by atoms with van der Waals surface area (Å²) in [5.41, 5.74) is 2.20. The second-order valence-electron chi connectivity index (χ2n) is 7.75. The zero-order valence-corrected chi connectivity index (χ0v) is 17.4. The number of halogens is 1. The monoisotopic (exact) mass is 420 g/mol. The van der Waals surface area contributed by atoms with Crippen molar-refractivity contribution in [2.24, 2.45) is 5.92 Å². The van der Waals surface area contributed by atoms with E-state index in [-0.39, 0.29) is 30.1 Å². The SMILES string of the molecule is CCCN(CC(=O)Nc1cc(-c2ccccc2)nn1-c1ccc(F)cc1)C(=O)C1CC1. The Labute approximate surface area is 180 Å². The van der Waals surface area contributed by atoms with E-state index in [1.54, 1.807) is 27.8 Å². The molecule has 1 fully saturated rings. The van der Waals surface area contributed by atoms with Gasteiger partial charge in [0.1, 0.15) is 11.6 Å². The van der Waals surface area contributed by atoms with E-state index in [2.05, 4.69) is 10.4 Å². The smallest absolute Gasteiger partial charge is 0.245 e. The number of hydrogen-bond donors (Lipinski definition) is 1. The van der Waals surface area contributed by atoms with E-state index in [0.717, 1.165) is 24.8 Å². The van der Waals surface area contributed by atoms with Crippen LogP contribution in [0.4, 0.5) is 10.2 Å². The molecule has 0 spiro atoms. The summed E-state index contributed by atoms with van der Waals surface area (Å²) < 4.78 is 15.0. The minimum atomic E-state index is -0.349. The van der Waals surface area contributed by atoms with Gasteiger partial charge < -0.3 is 10.2 Å². The Morgan fingerprint density at radius 1 is 1.13 bits per heavy atom. The number of anilines is 1. The van der Waals surface area contributed by atoms with Crippen molar-refractivity contribution in [3.05, 3.63) is 66.5 Å². The summed E-state index contributed by atoms with van der Waals surface area (Å²) in [6, 6.07) is 17.3. The van der Waals surface area contributed by atoms with Crippen molar-refractivity contribution in [2.75, 3.05) is 18.4 Å². The van der Waals surface area contributed by atoms with Gasteiger partial charge in [-0.15, -0.1) is 0 Å². The fraction of sp³-hybridized carbons (Fsp3) is 0.292. The maximum Gasteiger partial charge on any atom is 0.245 e. The molecule has 7 heteroatoms. The van der Waals surface area contributed by atoms with Gasteiger partial charge >= 0.3 is 0 Å². The number of hydrogen-bond acceptors (Lipinski definition) is 3. The molecule has 0 unspecified atom stereocenters. The first-order chi connectivity index (χ1) is 15.0. The summed E-state index contributed by atoms with van der Waals surface area (Å²) in [5, 5.41) is 7.51. The van der Waals surface area contributed by atoms with Gasteiger partial charge in [0.2, 0.25) is 11.8 Å². The second kappa shape index (κ2) is 9.12. The van der Waals surface area contributed by atoms with Gasteiger partial charge in [-0.05, 0) is 43.5 Å². The largest absolute Gasteiger partial charge is 0.333 e. The van der Waals surface area contributed by atoms with Gasteiger partial charge in [0.05, 0.1) is 17.9 Å². The first-order valence-corrected chi connectivity index (χ1v) is 10.5. The van der Waals surface area contributed by atoms with Gasteiger partial charge in [-0.3, -0.25) is 9.59 Å². The fourth-order valence-electron chi connectivity index (χ4n) is 3.48. The van der Waals surface area contributed by atoms with E-state index in [9.17, 15) is 14.0 Å². The molecule has 1 heterocycles.